The molecule has 0 N–H and O–H groups in total. The van der Waals surface area contributed by atoms with Crippen LogP contribution in [0.3, 0.4) is 0 Å². The summed E-state index contributed by atoms with van der Waals surface area (Å²) >= 11 is 1.86. The number of pyridine rings is 1. The first kappa shape index (κ1) is 15.0. The SMILES string of the molecule is CCSCC(C)N(C)C(=O)c1ccncc1CC. The number of aryl methyl sites for hydroxylation is 1. The van der Waals surface area contributed by atoms with Crippen molar-refractivity contribution in [2.24, 2.45) is 0 Å². The maximum atomic E-state index is 12.4. The predicted octanol–water partition coefficient (Wildman–Crippen LogP) is 2.86. The van der Waals surface area contributed by atoms with Crippen molar-refractivity contribution in [1.29, 1.82) is 0 Å². The van der Waals surface area contributed by atoms with Gasteiger partial charge in [-0.2, -0.15) is 11.8 Å². The summed E-state index contributed by atoms with van der Waals surface area (Å²) in [6.45, 7) is 6.27. The molecule has 0 saturated heterocycles. The van der Waals surface area contributed by atoms with E-state index in [0.717, 1.165) is 29.1 Å². The molecule has 100 valence electrons. The Hall–Kier alpha value is -1.03. The number of aromatic nitrogens is 1. The molecule has 1 rings (SSSR count). The molecule has 1 aromatic rings. The van der Waals surface area contributed by atoms with E-state index in [2.05, 4.69) is 18.8 Å². The van der Waals surface area contributed by atoms with Gasteiger partial charge >= 0.3 is 0 Å². The van der Waals surface area contributed by atoms with Gasteiger partial charge in [0.15, 0.2) is 0 Å². The van der Waals surface area contributed by atoms with Gasteiger partial charge in [0.25, 0.3) is 5.91 Å². The van der Waals surface area contributed by atoms with Crippen LogP contribution >= 0.6 is 11.8 Å². The highest BCUT2D eigenvalue weighted by molar-refractivity contribution is 7.99. The number of hydrogen-bond donors (Lipinski definition) is 0. The van der Waals surface area contributed by atoms with Crippen LogP contribution in [0.15, 0.2) is 18.5 Å². The van der Waals surface area contributed by atoms with Gasteiger partial charge in [-0.15, -0.1) is 0 Å². The Balaban J connectivity index is 2.79. The third-order valence-electron chi connectivity index (χ3n) is 3.06. The number of nitrogens with zero attached hydrogens (tertiary/aromatic N) is 2. The minimum Gasteiger partial charge on any atom is -0.338 e. The van der Waals surface area contributed by atoms with Gasteiger partial charge in [-0.05, 0) is 30.7 Å². The molecule has 0 aromatic carbocycles. The Morgan fingerprint density at radius 3 is 2.83 bits per heavy atom. The van der Waals surface area contributed by atoms with Crippen LogP contribution in [0.2, 0.25) is 0 Å². The summed E-state index contributed by atoms with van der Waals surface area (Å²) in [5.41, 5.74) is 1.80. The maximum absolute atomic E-state index is 12.4. The van der Waals surface area contributed by atoms with Gasteiger partial charge in [0.1, 0.15) is 0 Å². The van der Waals surface area contributed by atoms with Crippen LogP contribution in [-0.2, 0) is 6.42 Å². The first-order valence-electron chi connectivity index (χ1n) is 6.39. The lowest BCUT2D eigenvalue weighted by atomic mass is 10.1. The molecule has 0 saturated carbocycles. The fourth-order valence-corrected chi connectivity index (χ4v) is 2.51. The van der Waals surface area contributed by atoms with Gasteiger partial charge in [0, 0.05) is 36.8 Å². The molecule has 18 heavy (non-hydrogen) atoms. The van der Waals surface area contributed by atoms with Crippen molar-refractivity contribution < 1.29 is 4.79 Å². The van der Waals surface area contributed by atoms with Gasteiger partial charge in [0.05, 0.1) is 0 Å². The molecule has 1 heterocycles. The van der Waals surface area contributed by atoms with Crippen LogP contribution in [0.4, 0.5) is 0 Å². The summed E-state index contributed by atoms with van der Waals surface area (Å²) in [4.78, 5) is 18.3. The molecule has 1 aromatic heterocycles. The third kappa shape index (κ3) is 3.73. The van der Waals surface area contributed by atoms with Gasteiger partial charge in [-0.1, -0.05) is 13.8 Å². The highest BCUT2D eigenvalue weighted by Crippen LogP contribution is 2.14. The van der Waals surface area contributed by atoms with Crippen LogP contribution in [0.1, 0.15) is 36.7 Å². The summed E-state index contributed by atoms with van der Waals surface area (Å²) in [6, 6.07) is 2.07. The molecule has 1 unspecified atom stereocenters. The van der Waals surface area contributed by atoms with E-state index >= 15 is 0 Å². The van der Waals surface area contributed by atoms with Gasteiger partial charge in [-0.25, -0.2) is 0 Å². The zero-order valence-electron chi connectivity index (χ0n) is 11.6. The van der Waals surface area contributed by atoms with Crippen LogP contribution in [0.5, 0.6) is 0 Å². The van der Waals surface area contributed by atoms with E-state index in [4.69, 9.17) is 0 Å². The maximum Gasteiger partial charge on any atom is 0.254 e. The van der Waals surface area contributed by atoms with Crippen LogP contribution in [0, 0.1) is 0 Å². The fourth-order valence-electron chi connectivity index (χ4n) is 1.71. The molecule has 1 atom stereocenters. The molecule has 0 aliphatic heterocycles. The smallest absolute Gasteiger partial charge is 0.254 e. The lowest BCUT2D eigenvalue weighted by molar-refractivity contribution is 0.0756. The Bertz CT molecular complexity index is 395. The molecule has 0 aliphatic carbocycles. The third-order valence-corrected chi connectivity index (χ3v) is 4.19. The molecule has 4 heteroatoms. The highest BCUT2D eigenvalue weighted by Gasteiger charge is 2.19. The zero-order chi connectivity index (χ0) is 13.5. The zero-order valence-corrected chi connectivity index (χ0v) is 12.5. The van der Waals surface area contributed by atoms with Crippen molar-refractivity contribution in [3.63, 3.8) is 0 Å². The first-order chi connectivity index (χ1) is 8.61. The first-order valence-corrected chi connectivity index (χ1v) is 7.55. The monoisotopic (exact) mass is 266 g/mol. The summed E-state index contributed by atoms with van der Waals surface area (Å²) in [5, 5.41) is 0. The number of rotatable bonds is 6. The minimum atomic E-state index is 0.0958. The van der Waals surface area contributed by atoms with Gasteiger partial charge < -0.3 is 4.90 Å². The average molecular weight is 266 g/mol. The second-order valence-electron chi connectivity index (χ2n) is 4.31. The predicted molar refractivity (Wildman–Crippen MR) is 78.2 cm³/mol. The van der Waals surface area contributed by atoms with E-state index in [9.17, 15) is 4.79 Å². The molecule has 0 bridgehead atoms. The summed E-state index contributed by atoms with van der Waals surface area (Å²) < 4.78 is 0. The van der Waals surface area contributed by atoms with Crippen LogP contribution in [-0.4, -0.2) is 40.4 Å². The van der Waals surface area contributed by atoms with E-state index in [1.807, 2.05) is 36.7 Å². The van der Waals surface area contributed by atoms with E-state index in [0.29, 0.717) is 0 Å². The van der Waals surface area contributed by atoms with Crippen molar-refractivity contribution in [3.8, 4) is 0 Å². The molecule has 0 aliphatic rings. The second-order valence-corrected chi connectivity index (χ2v) is 5.63. The van der Waals surface area contributed by atoms with Gasteiger partial charge in [0.2, 0.25) is 0 Å². The largest absolute Gasteiger partial charge is 0.338 e. The molecule has 0 radical (unpaired) electrons. The summed E-state index contributed by atoms with van der Waals surface area (Å²) in [5.74, 6) is 2.16. The Kier molecular flexibility index (Phi) is 6.19. The number of thioether (sulfide) groups is 1. The lowest BCUT2D eigenvalue weighted by Gasteiger charge is -2.25. The molecular formula is C14H22N2OS. The Morgan fingerprint density at radius 2 is 2.22 bits per heavy atom. The number of amides is 1. The number of carbonyl (C=O) groups excluding carboxylic acids is 1. The summed E-state index contributed by atoms with van der Waals surface area (Å²) in [7, 11) is 1.88. The second kappa shape index (κ2) is 7.41. The van der Waals surface area contributed by atoms with Crippen molar-refractivity contribution in [3.05, 3.63) is 29.6 Å². The van der Waals surface area contributed by atoms with E-state index < -0.39 is 0 Å². The van der Waals surface area contributed by atoms with Crippen LogP contribution < -0.4 is 0 Å². The normalized spacial score (nSPS) is 12.2. The van der Waals surface area contributed by atoms with E-state index in [1.54, 1.807) is 12.4 Å². The lowest BCUT2D eigenvalue weighted by Crippen LogP contribution is -2.37. The minimum absolute atomic E-state index is 0.0958. The quantitative estimate of drug-likeness (QED) is 0.794. The fraction of sp³-hybridized carbons (Fsp3) is 0.571. The van der Waals surface area contributed by atoms with E-state index in [1.165, 1.54) is 0 Å². The van der Waals surface area contributed by atoms with Crippen LogP contribution in [0.25, 0.3) is 0 Å². The molecule has 0 spiro atoms. The van der Waals surface area contributed by atoms with Gasteiger partial charge in [-0.3, -0.25) is 9.78 Å². The van der Waals surface area contributed by atoms with Crippen molar-refractivity contribution >= 4 is 17.7 Å². The number of hydrogen-bond acceptors (Lipinski definition) is 3. The van der Waals surface area contributed by atoms with Crippen molar-refractivity contribution in [1.82, 2.24) is 9.88 Å². The Morgan fingerprint density at radius 1 is 1.50 bits per heavy atom. The molecule has 1 amide bonds. The molecule has 0 fully saturated rings. The Labute approximate surface area is 114 Å². The average Bonchev–Trinajstić information content (AvgIpc) is 2.42. The molecule has 3 nitrogen and oxygen atoms in total. The molecular weight excluding hydrogens is 244 g/mol. The van der Waals surface area contributed by atoms with Crippen molar-refractivity contribution in [2.75, 3.05) is 18.6 Å². The highest BCUT2D eigenvalue weighted by atomic mass is 32.2. The summed E-state index contributed by atoms with van der Waals surface area (Å²) in [6.07, 6.45) is 4.30. The number of carbonyl (C=O) groups is 1. The van der Waals surface area contributed by atoms with E-state index in [-0.39, 0.29) is 11.9 Å². The van der Waals surface area contributed by atoms with Crippen molar-refractivity contribution in [2.45, 2.75) is 33.2 Å². The topological polar surface area (TPSA) is 33.2 Å². The standard InChI is InChI=1S/C14H22N2OS/c1-5-12-9-15-8-7-13(12)14(17)16(4)11(3)10-18-6-2/h7-9,11H,5-6,10H2,1-4H3.